The van der Waals surface area contributed by atoms with Gasteiger partial charge in [0, 0.05) is 11.9 Å². The fraction of sp³-hybridized carbons (Fsp3) is 0.231. The monoisotopic (exact) mass is 228 g/mol. The summed E-state index contributed by atoms with van der Waals surface area (Å²) in [6.45, 7) is 2.72. The third kappa shape index (κ3) is 3.17. The lowest BCUT2D eigenvalue weighted by molar-refractivity contribution is 0.954. The van der Waals surface area contributed by atoms with E-state index in [1.54, 1.807) is 12.3 Å². The summed E-state index contributed by atoms with van der Waals surface area (Å²) in [5, 5.41) is 3.26. The van der Waals surface area contributed by atoms with Crippen LogP contribution in [0.25, 0.3) is 0 Å². The van der Waals surface area contributed by atoms with Gasteiger partial charge in [-0.2, -0.15) is 0 Å². The number of rotatable bonds is 4. The van der Waals surface area contributed by atoms with Crippen molar-refractivity contribution >= 4 is 11.5 Å². The molecule has 0 spiro atoms. The Morgan fingerprint density at radius 3 is 2.59 bits per heavy atom. The van der Waals surface area contributed by atoms with Gasteiger partial charge in [0.25, 0.3) is 0 Å². The Bertz CT molecular complexity index is 479. The molecule has 2 rings (SSSR count). The minimum Gasteiger partial charge on any atom is -0.384 e. The first-order chi connectivity index (χ1) is 8.28. The van der Waals surface area contributed by atoms with E-state index >= 15 is 0 Å². The molecule has 0 aliphatic rings. The van der Waals surface area contributed by atoms with E-state index in [0.29, 0.717) is 18.2 Å². The molecular formula is C13H16N4. The van der Waals surface area contributed by atoms with Gasteiger partial charge in [-0.15, -0.1) is 0 Å². The van der Waals surface area contributed by atoms with Crippen LogP contribution >= 0.6 is 0 Å². The van der Waals surface area contributed by atoms with Gasteiger partial charge in [0.05, 0.1) is 6.54 Å². The number of nitrogens with zero attached hydrogens (tertiary/aromatic N) is 2. The van der Waals surface area contributed by atoms with Gasteiger partial charge in [-0.3, -0.25) is 0 Å². The van der Waals surface area contributed by atoms with Crippen molar-refractivity contribution in [1.82, 2.24) is 9.97 Å². The maximum atomic E-state index is 5.59. The summed E-state index contributed by atoms with van der Waals surface area (Å²) in [7, 11) is 0. The Hall–Kier alpha value is -2.10. The zero-order valence-corrected chi connectivity index (χ0v) is 9.85. The number of aryl methyl sites for hydroxylation is 1. The van der Waals surface area contributed by atoms with Crippen molar-refractivity contribution in [1.29, 1.82) is 0 Å². The number of hydrogen-bond acceptors (Lipinski definition) is 4. The molecule has 0 atom stereocenters. The molecule has 17 heavy (non-hydrogen) atoms. The molecule has 4 heteroatoms. The molecule has 3 N–H and O–H groups in total. The van der Waals surface area contributed by atoms with E-state index in [2.05, 4.69) is 46.5 Å². The first-order valence-electron chi connectivity index (χ1n) is 5.68. The van der Waals surface area contributed by atoms with Crippen molar-refractivity contribution in [3.05, 3.63) is 47.9 Å². The molecule has 0 aliphatic heterocycles. The van der Waals surface area contributed by atoms with E-state index < -0.39 is 0 Å². The topological polar surface area (TPSA) is 63.8 Å². The predicted molar refractivity (Wildman–Crippen MR) is 69.6 cm³/mol. The molecule has 0 saturated carbocycles. The number of nitrogen functional groups attached to an aromatic ring is 1. The maximum absolute atomic E-state index is 5.59. The van der Waals surface area contributed by atoms with E-state index in [0.717, 1.165) is 12.1 Å². The summed E-state index contributed by atoms with van der Waals surface area (Å²) in [5.74, 6) is 1.20. The molecule has 4 nitrogen and oxygen atoms in total. The minimum atomic E-state index is 0.498. The van der Waals surface area contributed by atoms with Crippen molar-refractivity contribution in [3.8, 4) is 0 Å². The number of nitrogens with one attached hydrogen (secondary N) is 1. The quantitative estimate of drug-likeness (QED) is 0.842. The largest absolute Gasteiger partial charge is 0.384 e. The first-order valence-corrected chi connectivity index (χ1v) is 5.68. The lowest BCUT2D eigenvalue weighted by Gasteiger charge is -2.06. The molecule has 1 aromatic carbocycles. The zero-order chi connectivity index (χ0) is 12.1. The normalized spacial score (nSPS) is 10.2. The summed E-state index contributed by atoms with van der Waals surface area (Å²) in [4.78, 5) is 8.26. The van der Waals surface area contributed by atoms with Crippen molar-refractivity contribution in [3.63, 3.8) is 0 Å². The third-order valence-corrected chi connectivity index (χ3v) is 2.54. The Labute approximate surface area is 101 Å². The second-order valence-corrected chi connectivity index (χ2v) is 3.80. The van der Waals surface area contributed by atoms with Crippen molar-refractivity contribution in [2.75, 3.05) is 11.1 Å². The molecule has 0 radical (unpaired) electrons. The molecule has 1 heterocycles. The molecule has 88 valence electrons. The van der Waals surface area contributed by atoms with Gasteiger partial charge in [-0.1, -0.05) is 19.1 Å². The molecule has 0 saturated heterocycles. The van der Waals surface area contributed by atoms with Crippen LogP contribution in [0.15, 0.2) is 36.5 Å². The van der Waals surface area contributed by atoms with Gasteiger partial charge in [-0.05, 0) is 30.2 Å². The van der Waals surface area contributed by atoms with Gasteiger partial charge in [0.1, 0.15) is 11.6 Å². The Balaban J connectivity index is 1.97. The molecular weight excluding hydrogens is 212 g/mol. The molecule has 1 aromatic heterocycles. The number of aromatic nitrogens is 2. The van der Waals surface area contributed by atoms with Crippen LogP contribution in [0.3, 0.4) is 0 Å². The SMILES string of the molecule is CCc1ccc(NCc2nccc(N)n2)cc1. The average Bonchev–Trinajstić information content (AvgIpc) is 2.37. The maximum Gasteiger partial charge on any atom is 0.149 e. The van der Waals surface area contributed by atoms with Crippen LogP contribution in [0, 0.1) is 0 Å². The van der Waals surface area contributed by atoms with Crippen LogP contribution in [-0.4, -0.2) is 9.97 Å². The number of nitrogens with two attached hydrogens (primary N) is 1. The number of benzene rings is 1. The minimum absolute atomic E-state index is 0.498. The highest BCUT2D eigenvalue weighted by molar-refractivity contribution is 5.44. The highest BCUT2D eigenvalue weighted by Crippen LogP contribution is 2.10. The molecule has 0 fully saturated rings. The van der Waals surface area contributed by atoms with Crippen molar-refractivity contribution in [2.24, 2.45) is 0 Å². The Morgan fingerprint density at radius 1 is 1.18 bits per heavy atom. The van der Waals surface area contributed by atoms with Crippen LogP contribution in [0.2, 0.25) is 0 Å². The van der Waals surface area contributed by atoms with Gasteiger partial charge in [0.2, 0.25) is 0 Å². The average molecular weight is 228 g/mol. The van der Waals surface area contributed by atoms with Gasteiger partial charge in [-0.25, -0.2) is 9.97 Å². The van der Waals surface area contributed by atoms with Crippen LogP contribution in [0.1, 0.15) is 18.3 Å². The molecule has 0 unspecified atom stereocenters. The molecule has 0 bridgehead atoms. The smallest absolute Gasteiger partial charge is 0.149 e. The lowest BCUT2D eigenvalue weighted by Crippen LogP contribution is -2.05. The second-order valence-electron chi connectivity index (χ2n) is 3.80. The van der Waals surface area contributed by atoms with E-state index in [9.17, 15) is 0 Å². The summed E-state index contributed by atoms with van der Waals surface area (Å²) >= 11 is 0. The molecule has 0 aliphatic carbocycles. The molecule has 2 aromatic rings. The highest BCUT2D eigenvalue weighted by Gasteiger charge is 1.97. The first kappa shape index (κ1) is 11.4. The summed E-state index contributed by atoms with van der Waals surface area (Å²) in [5.41, 5.74) is 7.98. The third-order valence-electron chi connectivity index (χ3n) is 2.54. The summed E-state index contributed by atoms with van der Waals surface area (Å²) < 4.78 is 0. The van der Waals surface area contributed by atoms with Gasteiger partial charge < -0.3 is 11.1 Å². The van der Waals surface area contributed by atoms with Gasteiger partial charge >= 0.3 is 0 Å². The van der Waals surface area contributed by atoms with Crippen LogP contribution in [-0.2, 0) is 13.0 Å². The van der Waals surface area contributed by atoms with Crippen molar-refractivity contribution < 1.29 is 0 Å². The Kier molecular flexibility index (Phi) is 3.55. The Morgan fingerprint density at radius 2 is 1.94 bits per heavy atom. The fourth-order valence-electron chi connectivity index (χ4n) is 1.54. The van der Waals surface area contributed by atoms with E-state index in [1.807, 2.05) is 0 Å². The molecule has 0 amide bonds. The van der Waals surface area contributed by atoms with Crippen LogP contribution in [0.5, 0.6) is 0 Å². The standard InChI is InChI=1S/C13H16N4/c1-2-10-3-5-11(6-4-10)16-9-13-15-8-7-12(14)17-13/h3-8,16H,2,9H2,1H3,(H2,14,15,17). The summed E-state index contributed by atoms with van der Waals surface area (Å²) in [6.07, 6.45) is 2.72. The van der Waals surface area contributed by atoms with Crippen LogP contribution in [0.4, 0.5) is 11.5 Å². The highest BCUT2D eigenvalue weighted by atomic mass is 15.0. The van der Waals surface area contributed by atoms with E-state index in [1.165, 1.54) is 5.56 Å². The van der Waals surface area contributed by atoms with E-state index in [-0.39, 0.29) is 0 Å². The lowest BCUT2D eigenvalue weighted by atomic mass is 10.1. The second kappa shape index (κ2) is 5.30. The van der Waals surface area contributed by atoms with Crippen LogP contribution < -0.4 is 11.1 Å². The number of hydrogen-bond donors (Lipinski definition) is 2. The number of anilines is 2. The predicted octanol–water partition coefficient (Wildman–Crippen LogP) is 2.23. The van der Waals surface area contributed by atoms with Gasteiger partial charge in [0.15, 0.2) is 0 Å². The van der Waals surface area contributed by atoms with Crippen molar-refractivity contribution in [2.45, 2.75) is 19.9 Å². The fourth-order valence-corrected chi connectivity index (χ4v) is 1.54. The summed E-state index contributed by atoms with van der Waals surface area (Å²) in [6, 6.07) is 10.0. The van der Waals surface area contributed by atoms with E-state index in [4.69, 9.17) is 5.73 Å². The zero-order valence-electron chi connectivity index (χ0n) is 9.85.